The fourth-order valence-corrected chi connectivity index (χ4v) is 2.27. The summed E-state index contributed by atoms with van der Waals surface area (Å²) in [6.07, 6.45) is 0. The smallest absolute Gasteiger partial charge is 0.185 e. The first-order chi connectivity index (χ1) is 9.52. The van der Waals surface area contributed by atoms with Crippen LogP contribution in [0.1, 0.15) is 21.8 Å². The molecule has 20 heavy (non-hydrogen) atoms. The monoisotopic (exact) mass is 307 g/mol. The van der Waals surface area contributed by atoms with Crippen molar-refractivity contribution in [3.05, 3.63) is 69.5 Å². The van der Waals surface area contributed by atoms with Gasteiger partial charge in [-0.05, 0) is 35.9 Å². The minimum Gasteiger partial charge on any atom is -0.292 e. The predicted molar refractivity (Wildman–Crippen MR) is 75.5 cm³/mol. The summed E-state index contributed by atoms with van der Waals surface area (Å²) in [6.45, 7) is 0. The Morgan fingerprint density at radius 2 is 1.95 bits per heavy atom. The number of nitrogens with zero attached hydrogens (tertiary/aromatic N) is 1. The number of rotatable bonds is 3. The third-order valence-electron chi connectivity index (χ3n) is 2.77. The van der Waals surface area contributed by atoms with Gasteiger partial charge in [-0.25, -0.2) is 4.39 Å². The Hall–Kier alpha value is -1.89. The van der Waals surface area contributed by atoms with E-state index in [0.29, 0.717) is 10.6 Å². The maximum Gasteiger partial charge on any atom is 0.185 e. The fourth-order valence-electron chi connectivity index (χ4n) is 1.82. The lowest BCUT2D eigenvalue weighted by atomic mass is 9.92. The average Bonchev–Trinajstić information content (AvgIpc) is 2.39. The molecule has 0 aliphatic heterocycles. The van der Waals surface area contributed by atoms with E-state index >= 15 is 0 Å². The molecule has 2 nitrogen and oxygen atoms in total. The summed E-state index contributed by atoms with van der Waals surface area (Å²) < 4.78 is 13.0. The van der Waals surface area contributed by atoms with E-state index in [0.717, 1.165) is 12.1 Å². The molecule has 0 saturated heterocycles. The first-order valence-corrected chi connectivity index (χ1v) is 6.43. The lowest BCUT2D eigenvalue weighted by Crippen LogP contribution is -2.12. The van der Waals surface area contributed by atoms with Crippen LogP contribution >= 0.6 is 23.2 Å². The van der Waals surface area contributed by atoms with E-state index in [9.17, 15) is 14.4 Å². The SMILES string of the molecule is N#CC(C(=O)c1ccc(F)cc1Cl)c1cccc(Cl)c1. The summed E-state index contributed by atoms with van der Waals surface area (Å²) in [5.74, 6) is -2.06. The van der Waals surface area contributed by atoms with E-state index in [1.165, 1.54) is 6.07 Å². The highest BCUT2D eigenvalue weighted by molar-refractivity contribution is 6.34. The van der Waals surface area contributed by atoms with Crippen molar-refractivity contribution in [3.63, 3.8) is 0 Å². The molecule has 0 N–H and O–H groups in total. The Kier molecular flexibility index (Phi) is 4.39. The molecule has 2 rings (SSSR count). The molecule has 0 spiro atoms. The van der Waals surface area contributed by atoms with E-state index in [-0.39, 0.29) is 10.6 Å². The van der Waals surface area contributed by atoms with Crippen LogP contribution in [0.25, 0.3) is 0 Å². The number of carbonyl (C=O) groups excluding carboxylic acids is 1. The van der Waals surface area contributed by atoms with Crippen molar-refractivity contribution in [2.45, 2.75) is 5.92 Å². The third-order valence-corrected chi connectivity index (χ3v) is 3.32. The maximum absolute atomic E-state index is 13.0. The zero-order valence-electron chi connectivity index (χ0n) is 10.1. The Labute approximate surface area is 125 Å². The minimum atomic E-state index is -1.03. The Balaban J connectivity index is 2.42. The lowest BCUT2D eigenvalue weighted by molar-refractivity contribution is 0.0979. The van der Waals surface area contributed by atoms with Gasteiger partial charge in [-0.1, -0.05) is 35.3 Å². The van der Waals surface area contributed by atoms with Crippen molar-refractivity contribution < 1.29 is 9.18 Å². The van der Waals surface area contributed by atoms with Gasteiger partial charge < -0.3 is 0 Å². The number of benzene rings is 2. The second kappa shape index (κ2) is 6.04. The highest BCUT2D eigenvalue weighted by atomic mass is 35.5. The van der Waals surface area contributed by atoms with E-state index < -0.39 is 17.5 Å². The molecule has 5 heteroatoms. The highest BCUT2D eigenvalue weighted by Gasteiger charge is 2.24. The number of nitriles is 1. The van der Waals surface area contributed by atoms with E-state index in [4.69, 9.17) is 23.2 Å². The molecule has 2 aromatic carbocycles. The highest BCUT2D eigenvalue weighted by Crippen LogP contribution is 2.27. The van der Waals surface area contributed by atoms with Gasteiger partial charge >= 0.3 is 0 Å². The molecule has 2 aromatic rings. The van der Waals surface area contributed by atoms with Gasteiger partial charge in [0.1, 0.15) is 11.7 Å². The molecule has 0 aliphatic carbocycles. The van der Waals surface area contributed by atoms with Gasteiger partial charge in [0, 0.05) is 10.6 Å². The van der Waals surface area contributed by atoms with Crippen LogP contribution in [0.2, 0.25) is 10.0 Å². The average molecular weight is 308 g/mol. The first kappa shape index (κ1) is 14.5. The van der Waals surface area contributed by atoms with Crippen LogP contribution in [0.3, 0.4) is 0 Å². The number of Topliss-reactive ketones (excluding diaryl/α,β-unsaturated/α-hetero) is 1. The molecule has 0 aromatic heterocycles. The molecule has 0 amide bonds. The van der Waals surface area contributed by atoms with E-state index in [1.54, 1.807) is 24.3 Å². The molecule has 1 unspecified atom stereocenters. The summed E-state index contributed by atoms with van der Waals surface area (Å²) in [6, 6.07) is 11.9. The molecule has 0 aliphatic rings. The van der Waals surface area contributed by atoms with Gasteiger partial charge in [0.25, 0.3) is 0 Å². The third kappa shape index (κ3) is 2.98. The standard InChI is InChI=1S/C15H8Cl2FNO/c16-10-3-1-2-9(6-10)13(8-19)15(20)12-5-4-11(18)7-14(12)17/h1-7,13H. The van der Waals surface area contributed by atoms with Gasteiger partial charge in [-0.3, -0.25) is 4.79 Å². The molecule has 0 bridgehead atoms. The summed E-state index contributed by atoms with van der Waals surface area (Å²) in [5, 5.41) is 9.63. The van der Waals surface area contributed by atoms with Crippen molar-refractivity contribution in [1.82, 2.24) is 0 Å². The van der Waals surface area contributed by atoms with E-state index in [1.807, 2.05) is 6.07 Å². The Morgan fingerprint density at radius 1 is 1.20 bits per heavy atom. The van der Waals surface area contributed by atoms with Crippen LogP contribution in [-0.4, -0.2) is 5.78 Å². The summed E-state index contributed by atoms with van der Waals surface area (Å²) >= 11 is 11.7. The second-order valence-corrected chi connectivity index (χ2v) is 4.95. The number of carbonyl (C=O) groups is 1. The maximum atomic E-state index is 13.0. The number of hydrogen-bond acceptors (Lipinski definition) is 2. The number of hydrogen-bond donors (Lipinski definition) is 0. The van der Waals surface area contributed by atoms with Crippen LogP contribution < -0.4 is 0 Å². The van der Waals surface area contributed by atoms with Crippen molar-refractivity contribution in [2.24, 2.45) is 0 Å². The zero-order chi connectivity index (χ0) is 14.7. The van der Waals surface area contributed by atoms with Gasteiger partial charge in [0.05, 0.1) is 11.1 Å². The molecular weight excluding hydrogens is 300 g/mol. The van der Waals surface area contributed by atoms with Gasteiger partial charge in [0.15, 0.2) is 5.78 Å². The second-order valence-electron chi connectivity index (χ2n) is 4.11. The van der Waals surface area contributed by atoms with Crippen molar-refractivity contribution in [2.75, 3.05) is 0 Å². The van der Waals surface area contributed by atoms with Crippen LogP contribution in [0.5, 0.6) is 0 Å². The van der Waals surface area contributed by atoms with Crippen LogP contribution in [0.4, 0.5) is 4.39 Å². The molecule has 0 fully saturated rings. The molecule has 100 valence electrons. The van der Waals surface area contributed by atoms with Crippen molar-refractivity contribution >= 4 is 29.0 Å². The van der Waals surface area contributed by atoms with Gasteiger partial charge in [-0.2, -0.15) is 5.26 Å². The summed E-state index contributed by atoms with van der Waals surface area (Å²) in [5.41, 5.74) is 0.588. The topological polar surface area (TPSA) is 40.9 Å². The minimum absolute atomic E-state index is 0.0164. The number of ketones is 1. The Morgan fingerprint density at radius 3 is 2.55 bits per heavy atom. The largest absolute Gasteiger partial charge is 0.292 e. The number of halogens is 3. The zero-order valence-corrected chi connectivity index (χ0v) is 11.6. The Bertz CT molecular complexity index is 709. The lowest BCUT2D eigenvalue weighted by Gasteiger charge is -2.10. The summed E-state index contributed by atoms with van der Waals surface area (Å²) in [7, 11) is 0. The fraction of sp³-hybridized carbons (Fsp3) is 0.0667. The van der Waals surface area contributed by atoms with Crippen molar-refractivity contribution in [3.8, 4) is 6.07 Å². The normalized spacial score (nSPS) is 11.7. The quantitative estimate of drug-likeness (QED) is 0.776. The van der Waals surface area contributed by atoms with Gasteiger partial charge in [-0.15, -0.1) is 0 Å². The van der Waals surface area contributed by atoms with Crippen LogP contribution in [0.15, 0.2) is 42.5 Å². The summed E-state index contributed by atoms with van der Waals surface area (Å²) in [4.78, 5) is 12.3. The molecule has 1 atom stereocenters. The molecule has 0 heterocycles. The molecule has 0 saturated carbocycles. The van der Waals surface area contributed by atoms with Crippen molar-refractivity contribution in [1.29, 1.82) is 5.26 Å². The molecular formula is C15H8Cl2FNO. The molecule has 0 radical (unpaired) electrons. The van der Waals surface area contributed by atoms with Crippen LogP contribution in [-0.2, 0) is 0 Å². The van der Waals surface area contributed by atoms with Gasteiger partial charge in [0.2, 0.25) is 0 Å². The predicted octanol–water partition coefficient (Wildman–Crippen LogP) is 4.62. The van der Waals surface area contributed by atoms with E-state index in [2.05, 4.69) is 0 Å². The first-order valence-electron chi connectivity index (χ1n) is 5.67. The van der Waals surface area contributed by atoms with Crippen LogP contribution in [0, 0.1) is 17.1 Å².